The van der Waals surface area contributed by atoms with Gasteiger partial charge in [-0.15, -0.1) is 0 Å². The third-order valence-corrected chi connectivity index (χ3v) is 1.27. The van der Waals surface area contributed by atoms with Crippen molar-refractivity contribution in [2.75, 3.05) is 26.4 Å². The van der Waals surface area contributed by atoms with Crippen LogP contribution in [0.25, 0.3) is 0 Å². The molecular formula is C8H13FO5. The first-order chi connectivity index (χ1) is 6.59. The van der Waals surface area contributed by atoms with Crippen LogP contribution in [0.1, 0.15) is 6.92 Å². The number of carbonyl (C=O) groups excluding carboxylic acids is 2. The molecule has 1 unspecified atom stereocenters. The Labute approximate surface area is 80.8 Å². The van der Waals surface area contributed by atoms with E-state index in [0.29, 0.717) is 0 Å². The number of rotatable bonds is 7. The number of hydrogen-bond acceptors (Lipinski definition) is 5. The van der Waals surface area contributed by atoms with Gasteiger partial charge in [0, 0.05) is 0 Å². The number of aliphatic hydroxyl groups excluding tert-OH is 1. The van der Waals surface area contributed by atoms with Crippen molar-refractivity contribution in [3.8, 4) is 0 Å². The lowest BCUT2D eigenvalue weighted by Crippen LogP contribution is -2.26. The van der Waals surface area contributed by atoms with Gasteiger partial charge in [-0.1, -0.05) is 0 Å². The number of Topliss-reactive ketones (excluding diaryl/α,β-unsaturated/α-hetero) is 1. The fraction of sp³-hybridized carbons (Fsp3) is 0.750. The molecule has 1 N–H and O–H groups in total. The molecule has 5 nitrogen and oxygen atoms in total. The van der Waals surface area contributed by atoms with Gasteiger partial charge in [-0.25, -0.2) is 9.18 Å². The quantitative estimate of drug-likeness (QED) is 0.346. The van der Waals surface area contributed by atoms with E-state index in [-0.39, 0.29) is 26.4 Å². The number of ketones is 1. The second-order valence-corrected chi connectivity index (χ2v) is 2.48. The molecule has 0 aliphatic carbocycles. The average Bonchev–Trinajstić information content (AvgIpc) is 2.16. The number of halogens is 1. The molecule has 14 heavy (non-hydrogen) atoms. The van der Waals surface area contributed by atoms with Crippen molar-refractivity contribution in [2.45, 2.75) is 13.1 Å². The standard InChI is InChI=1S/C8H13FO5/c1-6(11)7(9)8(12)14-5-4-13-3-2-10/h7,10H,2-5H2,1H3. The van der Waals surface area contributed by atoms with Crippen LogP contribution in [0.3, 0.4) is 0 Å². The van der Waals surface area contributed by atoms with Crippen molar-refractivity contribution in [1.29, 1.82) is 0 Å². The van der Waals surface area contributed by atoms with E-state index in [0.717, 1.165) is 6.92 Å². The molecule has 0 aromatic rings. The summed E-state index contributed by atoms with van der Waals surface area (Å²) in [5.74, 6) is -2.09. The zero-order chi connectivity index (χ0) is 11.0. The van der Waals surface area contributed by atoms with Gasteiger partial charge < -0.3 is 14.6 Å². The molecule has 0 aromatic carbocycles. The van der Waals surface area contributed by atoms with Crippen molar-refractivity contribution < 1.29 is 28.6 Å². The van der Waals surface area contributed by atoms with E-state index in [1.54, 1.807) is 0 Å². The highest BCUT2D eigenvalue weighted by molar-refractivity contribution is 6.00. The SMILES string of the molecule is CC(=O)C(F)C(=O)OCCOCCO. The maximum Gasteiger partial charge on any atom is 0.348 e. The number of hydrogen-bond donors (Lipinski definition) is 1. The zero-order valence-corrected chi connectivity index (χ0v) is 7.86. The molecule has 82 valence electrons. The Kier molecular flexibility index (Phi) is 6.87. The van der Waals surface area contributed by atoms with Gasteiger partial charge in [-0.3, -0.25) is 4.79 Å². The van der Waals surface area contributed by atoms with Gasteiger partial charge in [0.1, 0.15) is 6.61 Å². The number of ether oxygens (including phenoxy) is 2. The molecule has 6 heteroatoms. The molecule has 0 rings (SSSR count). The Hall–Kier alpha value is -1.01. The molecule has 1 atom stereocenters. The number of aliphatic hydroxyl groups is 1. The highest BCUT2D eigenvalue weighted by atomic mass is 19.1. The van der Waals surface area contributed by atoms with Gasteiger partial charge >= 0.3 is 5.97 Å². The number of alkyl halides is 1. The van der Waals surface area contributed by atoms with E-state index >= 15 is 0 Å². The molecule has 0 aromatic heterocycles. The molecule has 0 aliphatic heterocycles. The Morgan fingerprint density at radius 2 is 2.00 bits per heavy atom. The third kappa shape index (κ3) is 5.60. The molecule has 0 radical (unpaired) electrons. The Bertz CT molecular complexity index is 194. The first kappa shape index (κ1) is 13.0. The zero-order valence-electron chi connectivity index (χ0n) is 7.86. The monoisotopic (exact) mass is 208 g/mol. The van der Waals surface area contributed by atoms with E-state index in [2.05, 4.69) is 4.74 Å². The number of carbonyl (C=O) groups is 2. The van der Waals surface area contributed by atoms with Crippen LogP contribution in [0.5, 0.6) is 0 Å². The molecule has 0 amide bonds. The highest BCUT2D eigenvalue weighted by Crippen LogP contribution is 1.96. The fourth-order valence-corrected chi connectivity index (χ4v) is 0.607. The van der Waals surface area contributed by atoms with Crippen LogP contribution in [-0.2, 0) is 19.1 Å². The van der Waals surface area contributed by atoms with Crippen molar-refractivity contribution >= 4 is 11.8 Å². The van der Waals surface area contributed by atoms with E-state index in [1.807, 2.05) is 0 Å². The maximum absolute atomic E-state index is 12.6. The lowest BCUT2D eigenvalue weighted by molar-refractivity contribution is -0.154. The van der Waals surface area contributed by atoms with Crippen LogP contribution in [0.15, 0.2) is 0 Å². The van der Waals surface area contributed by atoms with Crippen LogP contribution in [0.2, 0.25) is 0 Å². The van der Waals surface area contributed by atoms with Gasteiger partial charge in [0.25, 0.3) is 6.17 Å². The summed E-state index contributed by atoms with van der Waals surface area (Å²) in [7, 11) is 0. The second kappa shape index (κ2) is 7.40. The van der Waals surface area contributed by atoms with Crippen LogP contribution < -0.4 is 0 Å². The summed E-state index contributed by atoms with van der Waals surface area (Å²) in [4.78, 5) is 21.1. The third-order valence-electron chi connectivity index (χ3n) is 1.27. The van der Waals surface area contributed by atoms with Gasteiger partial charge in [0.05, 0.1) is 19.8 Å². The molecule has 0 bridgehead atoms. The minimum absolute atomic E-state index is 0.0664. The fourth-order valence-electron chi connectivity index (χ4n) is 0.607. The van der Waals surface area contributed by atoms with E-state index in [1.165, 1.54) is 0 Å². The highest BCUT2D eigenvalue weighted by Gasteiger charge is 2.23. The van der Waals surface area contributed by atoms with Gasteiger partial charge in [0.15, 0.2) is 5.78 Å². The summed E-state index contributed by atoms with van der Waals surface area (Å²) < 4.78 is 21.7. The molecule has 0 spiro atoms. The molecule has 0 saturated carbocycles. The smallest absolute Gasteiger partial charge is 0.348 e. The maximum atomic E-state index is 12.6. The van der Waals surface area contributed by atoms with E-state index in [4.69, 9.17) is 9.84 Å². The first-order valence-corrected chi connectivity index (χ1v) is 4.09. The van der Waals surface area contributed by atoms with Crippen LogP contribution >= 0.6 is 0 Å². The summed E-state index contributed by atoms with van der Waals surface area (Å²) in [5, 5.41) is 8.30. The minimum Gasteiger partial charge on any atom is -0.461 e. The van der Waals surface area contributed by atoms with Gasteiger partial charge in [-0.05, 0) is 6.92 Å². The minimum atomic E-state index is -2.21. The normalized spacial score (nSPS) is 12.2. The molecule has 0 aliphatic rings. The second-order valence-electron chi connectivity index (χ2n) is 2.48. The lowest BCUT2D eigenvalue weighted by atomic mass is 10.3. The summed E-state index contributed by atoms with van der Waals surface area (Å²) >= 11 is 0. The largest absolute Gasteiger partial charge is 0.461 e. The summed E-state index contributed by atoms with van der Waals surface area (Å²) in [5.41, 5.74) is 0. The first-order valence-electron chi connectivity index (χ1n) is 4.09. The number of esters is 1. The molecule has 0 heterocycles. The van der Waals surface area contributed by atoms with E-state index in [9.17, 15) is 14.0 Å². The molecular weight excluding hydrogens is 195 g/mol. The Balaban J connectivity index is 3.49. The predicted octanol–water partition coefficient (Wildman–Crippen LogP) is -0.534. The lowest BCUT2D eigenvalue weighted by Gasteiger charge is -2.06. The van der Waals surface area contributed by atoms with Crippen molar-refractivity contribution in [1.82, 2.24) is 0 Å². The molecule has 0 saturated heterocycles. The Morgan fingerprint density at radius 1 is 1.36 bits per heavy atom. The summed E-state index contributed by atoms with van der Waals surface area (Å²) in [6, 6.07) is 0. The van der Waals surface area contributed by atoms with Crippen LogP contribution in [0.4, 0.5) is 4.39 Å². The summed E-state index contributed by atoms with van der Waals surface area (Å²) in [6.07, 6.45) is -2.21. The van der Waals surface area contributed by atoms with Crippen molar-refractivity contribution in [3.05, 3.63) is 0 Å². The van der Waals surface area contributed by atoms with Crippen LogP contribution in [0, 0.1) is 0 Å². The van der Waals surface area contributed by atoms with Crippen molar-refractivity contribution in [2.24, 2.45) is 0 Å². The van der Waals surface area contributed by atoms with Crippen molar-refractivity contribution in [3.63, 3.8) is 0 Å². The molecule has 0 fully saturated rings. The average molecular weight is 208 g/mol. The Morgan fingerprint density at radius 3 is 2.50 bits per heavy atom. The predicted molar refractivity (Wildman–Crippen MR) is 44.4 cm³/mol. The van der Waals surface area contributed by atoms with E-state index < -0.39 is 17.9 Å². The van der Waals surface area contributed by atoms with Gasteiger partial charge in [-0.2, -0.15) is 0 Å². The topological polar surface area (TPSA) is 72.8 Å². The van der Waals surface area contributed by atoms with Gasteiger partial charge in [0.2, 0.25) is 0 Å². The van der Waals surface area contributed by atoms with Crippen LogP contribution in [-0.4, -0.2) is 49.5 Å². The summed E-state index contributed by atoms with van der Waals surface area (Å²) in [6.45, 7) is 0.897.